The molecule has 0 saturated carbocycles. The summed E-state index contributed by atoms with van der Waals surface area (Å²) in [7, 11) is 0.441. The van der Waals surface area contributed by atoms with E-state index in [4.69, 9.17) is 0 Å². The first-order chi connectivity index (χ1) is 14.8. The van der Waals surface area contributed by atoms with Gasteiger partial charge in [-0.2, -0.15) is 4.31 Å². The van der Waals surface area contributed by atoms with Crippen molar-refractivity contribution in [1.29, 1.82) is 0 Å². The average molecular weight is 448 g/mol. The molecule has 31 heavy (non-hydrogen) atoms. The Kier molecular flexibility index (Phi) is 6.66. The summed E-state index contributed by atoms with van der Waals surface area (Å²) in [6.07, 6.45) is 3.35. The number of amides is 1. The minimum atomic E-state index is -3.62. The molecule has 2 aliphatic rings. The number of hydrogen-bond donors (Lipinski definition) is 1. The summed E-state index contributed by atoms with van der Waals surface area (Å²) < 4.78 is 29.9. The molecule has 2 saturated heterocycles. The molecule has 0 bridgehead atoms. The maximum Gasteiger partial charge on any atom is 0.243 e. The van der Waals surface area contributed by atoms with Gasteiger partial charge in [0.25, 0.3) is 0 Å². The van der Waals surface area contributed by atoms with Gasteiger partial charge in [-0.25, -0.2) is 8.42 Å². The number of benzene rings is 1. The summed E-state index contributed by atoms with van der Waals surface area (Å²) in [6, 6.07) is 7.15. The molecule has 1 N–H and O–H groups in total. The molecule has 1 aromatic heterocycles. The van der Waals surface area contributed by atoms with Gasteiger partial charge in [0, 0.05) is 76.5 Å². The van der Waals surface area contributed by atoms with E-state index < -0.39 is 10.0 Å². The lowest BCUT2D eigenvalue weighted by molar-refractivity contribution is -0.126. The van der Waals surface area contributed by atoms with Crippen molar-refractivity contribution in [1.82, 2.24) is 24.0 Å². The Bertz CT molecular complexity index is 1030. The number of nitrogens with zero attached hydrogens (tertiary/aromatic N) is 4. The first kappa shape index (κ1) is 22.3. The number of carbonyl (C=O) groups is 1. The van der Waals surface area contributed by atoms with Crippen LogP contribution in [0.4, 0.5) is 0 Å². The van der Waals surface area contributed by atoms with E-state index >= 15 is 0 Å². The van der Waals surface area contributed by atoms with Gasteiger partial charge in [0.05, 0.1) is 10.8 Å². The summed E-state index contributed by atoms with van der Waals surface area (Å²) in [4.78, 5) is 17.7. The van der Waals surface area contributed by atoms with Crippen LogP contribution in [0, 0.1) is 5.92 Å². The van der Waals surface area contributed by atoms with Crippen LogP contribution in [0.2, 0.25) is 0 Å². The molecule has 1 aromatic carbocycles. The van der Waals surface area contributed by atoms with E-state index in [0.717, 1.165) is 50.0 Å². The van der Waals surface area contributed by atoms with Crippen LogP contribution in [-0.2, 0) is 21.9 Å². The smallest absolute Gasteiger partial charge is 0.243 e. The molecule has 4 rings (SSSR count). The Balaban J connectivity index is 1.35. The summed E-state index contributed by atoms with van der Waals surface area (Å²) in [5, 5.41) is 3.93. The normalized spacial score (nSPS) is 22.1. The average Bonchev–Trinajstić information content (AvgIpc) is 3.15. The molecular formula is C22H33N5O3S. The Morgan fingerprint density at radius 3 is 2.65 bits per heavy atom. The minimum Gasteiger partial charge on any atom is -0.355 e. The highest BCUT2D eigenvalue weighted by molar-refractivity contribution is 7.89. The summed E-state index contributed by atoms with van der Waals surface area (Å²) in [5.41, 5.74) is 0.996. The van der Waals surface area contributed by atoms with E-state index in [1.54, 1.807) is 12.1 Å². The standard InChI is InChI=1S/C22H33N5O3S/c1-24-12-14-26(15-13-24)11-8-23-22(28)19-4-3-9-27(17-19)31(29,30)20-5-6-21-18(16-20)7-10-25(21)2/h5-7,10,16,19H,3-4,8-9,11-15,17H2,1-2H3,(H,23,28). The lowest BCUT2D eigenvalue weighted by Crippen LogP contribution is -2.49. The van der Waals surface area contributed by atoms with Crippen LogP contribution in [-0.4, -0.2) is 92.4 Å². The number of sulfonamides is 1. The molecule has 0 spiro atoms. The summed E-state index contributed by atoms with van der Waals surface area (Å²) in [6.45, 7) is 6.30. The summed E-state index contributed by atoms with van der Waals surface area (Å²) >= 11 is 0. The number of piperazine rings is 1. The molecule has 170 valence electrons. The van der Waals surface area contributed by atoms with Gasteiger partial charge in [0.1, 0.15) is 0 Å². The monoisotopic (exact) mass is 447 g/mol. The van der Waals surface area contributed by atoms with Gasteiger partial charge in [0.2, 0.25) is 15.9 Å². The fourth-order valence-corrected chi connectivity index (χ4v) is 6.06. The Morgan fingerprint density at radius 1 is 1.10 bits per heavy atom. The molecule has 1 unspecified atom stereocenters. The molecule has 2 fully saturated rings. The highest BCUT2D eigenvalue weighted by atomic mass is 32.2. The first-order valence-corrected chi connectivity index (χ1v) is 12.5. The van der Waals surface area contributed by atoms with Gasteiger partial charge >= 0.3 is 0 Å². The van der Waals surface area contributed by atoms with Crippen LogP contribution in [0.25, 0.3) is 10.9 Å². The number of piperidine rings is 1. The van der Waals surface area contributed by atoms with Crippen molar-refractivity contribution in [3.8, 4) is 0 Å². The molecule has 3 heterocycles. The number of hydrogen-bond acceptors (Lipinski definition) is 5. The van der Waals surface area contributed by atoms with Crippen molar-refractivity contribution in [2.45, 2.75) is 17.7 Å². The number of rotatable bonds is 6. The fourth-order valence-electron chi connectivity index (χ4n) is 4.50. The van der Waals surface area contributed by atoms with E-state index in [2.05, 4.69) is 22.2 Å². The zero-order chi connectivity index (χ0) is 22.0. The lowest BCUT2D eigenvalue weighted by Gasteiger charge is -2.33. The predicted octanol–water partition coefficient (Wildman–Crippen LogP) is 0.943. The highest BCUT2D eigenvalue weighted by Gasteiger charge is 2.33. The van der Waals surface area contributed by atoms with Crippen molar-refractivity contribution < 1.29 is 13.2 Å². The quantitative estimate of drug-likeness (QED) is 0.713. The van der Waals surface area contributed by atoms with Crippen LogP contribution < -0.4 is 5.32 Å². The number of likely N-dealkylation sites (N-methyl/N-ethyl adjacent to an activating group) is 1. The van der Waals surface area contributed by atoms with E-state index in [1.165, 1.54) is 4.31 Å². The highest BCUT2D eigenvalue weighted by Crippen LogP contribution is 2.26. The van der Waals surface area contributed by atoms with Gasteiger partial charge < -0.3 is 14.8 Å². The zero-order valence-electron chi connectivity index (χ0n) is 18.5. The third-order valence-corrected chi connectivity index (χ3v) is 8.43. The van der Waals surface area contributed by atoms with Gasteiger partial charge in [-0.05, 0) is 44.2 Å². The molecule has 2 aliphatic heterocycles. The molecule has 8 nitrogen and oxygen atoms in total. The fraction of sp³-hybridized carbons (Fsp3) is 0.591. The van der Waals surface area contributed by atoms with Crippen molar-refractivity contribution >= 4 is 26.8 Å². The number of aromatic nitrogens is 1. The van der Waals surface area contributed by atoms with Gasteiger partial charge in [-0.15, -0.1) is 0 Å². The second-order valence-corrected chi connectivity index (χ2v) is 10.7. The van der Waals surface area contributed by atoms with Gasteiger partial charge in [-0.3, -0.25) is 9.69 Å². The summed E-state index contributed by atoms with van der Waals surface area (Å²) in [5.74, 6) is -0.330. The maximum absolute atomic E-state index is 13.2. The first-order valence-electron chi connectivity index (χ1n) is 11.1. The molecule has 1 atom stereocenters. The topological polar surface area (TPSA) is 77.9 Å². The molecular weight excluding hydrogens is 414 g/mol. The minimum absolute atomic E-state index is 0.0347. The Labute approximate surface area is 184 Å². The third-order valence-electron chi connectivity index (χ3n) is 6.57. The SMILES string of the molecule is CN1CCN(CCNC(=O)C2CCCN(S(=O)(=O)c3ccc4c(ccn4C)c3)C2)CC1. The van der Waals surface area contributed by atoms with Crippen molar-refractivity contribution in [2.75, 3.05) is 59.4 Å². The number of fused-ring (bicyclic) bond motifs is 1. The van der Waals surface area contributed by atoms with E-state index in [9.17, 15) is 13.2 Å². The van der Waals surface area contributed by atoms with E-state index in [-0.39, 0.29) is 18.4 Å². The van der Waals surface area contributed by atoms with Crippen molar-refractivity contribution in [2.24, 2.45) is 13.0 Å². The lowest BCUT2D eigenvalue weighted by atomic mass is 9.99. The molecule has 2 aromatic rings. The van der Waals surface area contributed by atoms with Crippen LogP contribution in [0.5, 0.6) is 0 Å². The second kappa shape index (κ2) is 9.28. The predicted molar refractivity (Wildman–Crippen MR) is 121 cm³/mol. The van der Waals surface area contributed by atoms with Gasteiger partial charge in [-0.1, -0.05) is 0 Å². The molecule has 0 aliphatic carbocycles. The number of aryl methyl sites for hydroxylation is 1. The maximum atomic E-state index is 13.2. The zero-order valence-corrected chi connectivity index (χ0v) is 19.3. The second-order valence-electron chi connectivity index (χ2n) is 8.79. The number of nitrogens with one attached hydrogen (secondary N) is 1. The number of carbonyl (C=O) groups excluding carboxylic acids is 1. The van der Waals surface area contributed by atoms with E-state index in [1.807, 2.05) is 29.9 Å². The van der Waals surface area contributed by atoms with Crippen LogP contribution in [0.3, 0.4) is 0 Å². The Morgan fingerprint density at radius 2 is 1.87 bits per heavy atom. The third kappa shape index (κ3) is 4.95. The van der Waals surface area contributed by atoms with Crippen molar-refractivity contribution in [3.63, 3.8) is 0 Å². The Hall–Kier alpha value is -1.94. The van der Waals surface area contributed by atoms with Crippen LogP contribution >= 0.6 is 0 Å². The molecule has 9 heteroatoms. The van der Waals surface area contributed by atoms with Gasteiger partial charge in [0.15, 0.2) is 0 Å². The van der Waals surface area contributed by atoms with Crippen LogP contribution in [0.1, 0.15) is 12.8 Å². The van der Waals surface area contributed by atoms with E-state index in [0.29, 0.717) is 24.4 Å². The molecule has 0 radical (unpaired) electrons. The van der Waals surface area contributed by atoms with Crippen LogP contribution in [0.15, 0.2) is 35.4 Å². The largest absolute Gasteiger partial charge is 0.355 e. The molecule has 1 amide bonds. The van der Waals surface area contributed by atoms with Crippen molar-refractivity contribution in [3.05, 3.63) is 30.5 Å².